The summed E-state index contributed by atoms with van der Waals surface area (Å²) in [5, 5.41) is 3.71. The van der Waals surface area contributed by atoms with Gasteiger partial charge in [0.2, 0.25) is 5.78 Å². The van der Waals surface area contributed by atoms with Crippen LogP contribution in [0.3, 0.4) is 0 Å². The lowest BCUT2D eigenvalue weighted by molar-refractivity contribution is 0.104. The Labute approximate surface area is 150 Å². The highest BCUT2D eigenvalue weighted by Crippen LogP contribution is 2.33. The third kappa shape index (κ3) is 3.49. The van der Waals surface area contributed by atoms with Crippen LogP contribution in [0.25, 0.3) is 11.3 Å². The molecule has 0 aliphatic rings. The fourth-order valence-electron chi connectivity index (χ4n) is 2.40. The van der Waals surface area contributed by atoms with Crippen LogP contribution in [-0.4, -0.2) is 32.0 Å². The van der Waals surface area contributed by atoms with Crippen LogP contribution in [-0.2, 0) is 0 Å². The van der Waals surface area contributed by atoms with Crippen LogP contribution in [0, 0.1) is 0 Å². The van der Waals surface area contributed by atoms with Crippen molar-refractivity contribution in [2.75, 3.05) is 26.6 Å². The molecule has 1 heterocycles. The summed E-state index contributed by atoms with van der Waals surface area (Å²) in [6.07, 6.45) is 0. The van der Waals surface area contributed by atoms with Crippen molar-refractivity contribution < 1.29 is 14.3 Å². The summed E-state index contributed by atoms with van der Waals surface area (Å²) in [7, 11) is 5.01. The highest BCUT2D eigenvalue weighted by Gasteiger charge is 2.20. The molecule has 0 amide bonds. The largest absolute Gasteiger partial charge is 0.497 e. The number of carbonyl (C=O) groups is 1. The molecule has 128 valence electrons. The Morgan fingerprint density at radius 1 is 0.960 bits per heavy atom. The highest BCUT2D eigenvalue weighted by atomic mass is 32.1. The van der Waals surface area contributed by atoms with Crippen molar-refractivity contribution in [3.8, 4) is 22.8 Å². The molecule has 0 saturated heterocycles. The number of hydrogen-bond acceptors (Lipinski definition) is 6. The van der Waals surface area contributed by atoms with Gasteiger partial charge in [-0.3, -0.25) is 4.79 Å². The van der Waals surface area contributed by atoms with Gasteiger partial charge < -0.3 is 14.8 Å². The minimum absolute atomic E-state index is 0.0625. The fraction of sp³-hybridized carbons (Fsp3) is 0.158. The predicted octanol–water partition coefficient (Wildman–Crippen LogP) is 4.10. The van der Waals surface area contributed by atoms with Crippen LogP contribution in [0.4, 0.5) is 5.13 Å². The van der Waals surface area contributed by atoms with Crippen LogP contribution in [0.2, 0.25) is 0 Å². The zero-order valence-corrected chi connectivity index (χ0v) is 15.0. The lowest BCUT2D eigenvalue weighted by Crippen LogP contribution is -2.01. The molecule has 0 fully saturated rings. The zero-order valence-electron chi connectivity index (χ0n) is 14.2. The van der Waals surface area contributed by atoms with Gasteiger partial charge in [0.15, 0.2) is 5.13 Å². The number of ether oxygens (including phenoxy) is 2. The van der Waals surface area contributed by atoms with E-state index in [1.54, 1.807) is 45.5 Å². The van der Waals surface area contributed by atoms with Crippen LogP contribution in [0.15, 0.2) is 48.5 Å². The molecule has 0 unspecified atom stereocenters. The van der Waals surface area contributed by atoms with Gasteiger partial charge in [-0.1, -0.05) is 11.3 Å². The average Bonchev–Trinajstić information content (AvgIpc) is 3.12. The Kier molecular flexibility index (Phi) is 5.00. The van der Waals surface area contributed by atoms with Gasteiger partial charge in [0.25, 0.3) is 0 Å². The first-order valence-electron chi connectivity index (χ1n) is 7.68. The van der Waals surface area contributed by atoms with Gasteiger partial charge in [0.1, 0.15) is 16.4 Å². The standard InChI is InChI=1S/C19H18N2O3S/c1-20-19-21-16(12-4-8-14(23-2)9-5-12)18(25-19)17(22)13-6-10-15(24-3)11-7-13/h4-11H,1-3H3,(H,20,21). The van der Waals surface area contributed by atoms with Crippen molar-refractivity contribution in [1.82, 2.24) is 4.98 Å². The van der Waals surface area contributed by atoms with E-state index in [-0.39, 0.29) is 5.78 Å². The molecule has 0 bridgehead atoms. The average molecular weight is 354 g/mol. The third-order valence-electron chi connectivity index (χ3n) is 3.76. The summed E-state index contributed by atoms with van der Waals surface area (Å²) in [4.78, 5) is 18.1. The number of thiazole rings is 1. The summed E-state index contributed by atoms with van der Waals surface area (Å²) < 4.78 is 10.3. The van der Waals surface area contributed by atoms with E-state index >= 15 is 0 Å². The number of nitrogens with zero attached hydrogens (tertiary/aromatic N) is 1. The van der Waals surface area contributed by atoms with E-state index in [2.05, 4.69) is 10.3 Å². The Hall–Kier alpha value is -2.86. The first-order valence-corrected chi connectivity index (χ1v) is 8.49. The van der Waals surface area contributed by atoms with Crippen LogP contribution in [0.5, 0.6) is 11.5 Å². The quantitative estimate of drug-likeness (QED) is 0.675. The molecule has 0 aliphatic carbocycles. The molecule has 0 aliphatic heterocycles. The maximum absolute atomic E-state index is 13.0. The fourth-order valence-corrected chi connectivity index (χ4v) is 3.30. The molecule has 3 rings (SSSR count). The number of benzene rings is 2. The van der Waals surface area contributed by atoms with Gasteiger partial charge in [0, 0.05) is 18.2 Å². The SMILES string of the molecule is CNc1nc(-c2ccc(OC)cc2)c(C(=O)c2ccc(OC)cc2)s1. The smallest absolute Gasteiger partial charge is 0.205 e. The van der Waals surface area contributed by atoms with Gasteiger partial charge in [-0.05, 0) is 48.5 Å². The number of anilines is 1. The summed E-state index contributed by atoms with van der Waals surface area (Å²) in [6, 6.07) is 14.6. The molecule has 3 aromatic rings. The molecule has 0 saturated carbocycles. The molecule has 0 spiro atoms. The van der Waals surface area contributed by atoms with Crippen LogP contribution >= 0.6 is 11.3 Å². The van der Waals surface area contributed by atoms with E-state index in [0.29, 0.717) is 27.0 Å². The van der Waals surface area contributed by atoms with Gasteiger partial charge in [-0.25, -0.2) is 4.98 Å². The number of aromatic nitrogens is 1. The van der Waals surface area contributed by atoms with Crippen LogP contribution < -0.4 is 14.8 Å². The molecule has 1 N–H and O–H groups in total. The maximum atomic E-state index is 13.0. The Balaban J connectivity index is 2.02. The number of rotatable bonds is 6. The topological polar surface area (TPSA) is 60.5 Å². The highest BCUT2D eigenvalue weighted by molar-refractivity contribution is 7.18. The van der Waals surface area contributed by atoms with Gasteiger partial charge in [-0.15, -0.1) is 0 Å². The van der Waals surface area contributed by atoms with E-state index in [4.69, 9.17) is 9.47 Å². The van der Waals surface area contributed by atoms with E-state index in [1.807, 2.05) is 24.3 Å². The van der Waals surface area contributed by atoms with E-state index in [1.165, 1.54) is 11.3 Å². The monoisotopic (exact) mass is 354 g/mol. The Morgan fingerprint density at radius 2 is 1.52 bits per heavy atom. The molecule has 0 atom stereocenters. The second kappa shape index (κ2) is 7.36. The summed E-state index contributed by atoms with van der Waals surface area (Å²) in [5.74, 6) is 1.41. The second-order valence-corrected chi connectivity index (χ2v) is 6.23. The Bertz CT molecular complexity index is 871. The Morgan fingerprint density at radius 3 is 2.04 bits per heavy atom. The van der Waals surface area contributed by atoms with E-state index in [9.17, 15) is 4.79 Å². The maximum Gasteiger partial charge on any atom is 0.205 e. The summed E-state index contributed by atoms with van der Waals surface area (Å²) in [6.45, 7) is 0. The summed E-state index contributed by atoms with van der Waals surface area (Å²) >= 11 is 1.34. The number of hydrogen-bond donors (Lipinski definition) is 1. The first kappa shape index (κ1) is 17.0. The normalized spacial score (nSPS) is 10.4. The van der Waals surface area contributed by atoms with Gasteiger partial charge in [0.05, 0.1) is 19.9 Å². The lowest BCUT2D eigenvalue weighted by Gasteiger charge is -2.05. The number of nitrogens with one attached hydrogen (secondary N) is 1. The van der Waals surface area contributed by atoms with Crippen molar-refractivity contribution >= 4 is 22.3 Å². The molecule has 1 aromatic heterocycles. The van der Waals surface area contributed by atoms with Crippen molar-refractivity contribution in [3.63, 3.8) is 0 Å². The molecule has 2 aromatic carbocycles. The molecule has 6 heteroatoms. The molecule has 25 heavy (non-hydrogen) atoms. The van der Waals surface area contributed by atoms with Crippen LogP contribution in [0.1, 0.15) is 15.2 Å². The van der Waals surface area contributed by atoms with Gasteiger partial charge in [-0.2, -0.15) is 0 Å². The predicted molar refractivity (Wildman–Crippen MR) is 100 cm³/mol. The molecule has 5 nitrogen and oxygen atoms in total. The second-order valence-electron chi connectivity index (χ2n) is 5.23. The van der Waals surface area contributed by atoms with E-state index in [0.717, 1.165) is 11.3 Å². The summed E-state index contributed by atoms with van der Waals surface area (Å²) in [5.41, 5.74) is 2.13. The first-order chi connectivity index (χ1) is 12.2. The van der Waals surface area contributed by atoms with Gasteiger partial charge >= 0.3 is 0 Å². The van der Waals surface area contributed by atoms with Crippen molar-refractivity contribution in [2.24, 2.45) is 0 Å². The lowest BCUT2D eigenvalue weighted by atomic mass is 10.0. The molecule has 0 radical (unpaired) electrons. The number of ketones is 1. The zero-order chi connectivity index (χ0) is 17.8. The minimum Gasteiger partial charge on any atom is -0.497 e. The van der Waals surface area contributed by atoms with Crippen molar-refractivity contribution in [1.29, 1.82) is 0 Å². The molecular formula is C19H18N2O3S. The van der Waals surface area contributed by atoms with Crippen molar-refractivity contribution in [3.05, 3.63) is 59.0 Å². The number of carbonyl (C=O) groups excluding carboxylic acids is 1. The van der Waals surface area contributed by atoms with E-state index < -0.39 is 0 Å². The number of methoxy groups -OCH3 is 2. The molecular weight excluding hydrogens is 336 g/mol. The van der Waals surface area contributed by atoms with Crippen molar-refractivity contribution in [2.45, 2.75) is 0 Å². The minimum atomic E-state index is -0.0625. The third-order valence-corrected chi connectivity index (χ3v) is 4.83.